The first-order valence-corrected chi connectivity index (χ1v) is 5.66. The number of nitrogens with zero attached hydrogens (tertiary/aromatic N) is 1. The molecule has 3 nitrogen and oxygen atoms in total. The quantitative estimate of drug-likeness (QED) is 0.853. The second-order valence-electron chi connectivity index (χ2n) is 4.77. The van der Waals surface area contributed by atoms with Gasteiger partial charge in [0.05, 0.1) is 5.92 Å². The largest absolute Gasteiger partial charge is 0.481 e. The third-order valence-corrected chi connectivity index (χ3v) is 3.45. The lowest BCUT2D eigenvalue weighted by Crippen LogP contribution is -2.21. The monoisotopic (exact) mass is 237 g/mol. The van der Waals surface area contributed by atoms with E-state index in [0.717, 1.165) is 11.1 Å². The van der Waals surface area contributed by atoms with Gasteiger partial charge in [-0.25, -0.2) is 4.39 Å². The van der Waals surface area contributed by atoms with Gasteiger partial charge in [0.2, 0.25) is 0 Å². The van der Waals surface area contributed by atoms with Gasteiger partial charge in [-0.05, 0) is 37.2 Å². The van der Waals surface area contributed by atoms with Crippen LogP contribution in [-0.4, -0.2) is 36.1 Å². The van der Waals surface area contributed by atoms with Crippen LogP contribution in [-0.2, 0) is 4.79 Å². The van der Waals surface area contributed by atoms with Gasteiger partial charge in [-0.2, -0.15) is 0 Å². The maximum absolute atomic E-state index is 13.0. The molecule has 1 saturated heterocycles. The molecular formula is C13H16FNO2. The standard InChI is InChI=1S/C13H16FNO2/c1-8-5-9(14)3-4-10(8)11-6-15(2)7-12(11)13(16)17/h3-5,11-12H,6-7H2,1-2H3,(H,16,17). The van der Waals surface area contributed by atoms with Crippen molar-refractivity contribution < 1.29 is 14.3 Å². The summed E-state index contributed by atoms with van der Waals surface area (Å²) in [5.41, 5.74) is 1.78. The molecule has 17 heavy (non-hydrogen) atoms. The van der Waals surface area contributed by atoms with Gasteiger partial charge in [0.25, 0.3) is 0 Å². The van der Waals surface area contributed by atoms with Gasteiger partial charge >= 0.3 is 5.97 Å². The van der Waals surface area contributed by atoms with Gasteiger partial charge in [-0.1, -0.05) is 6.07 Å². The van der Waals surface area contributed by atoms with Crippen LogP contribution in [0.25, 0.3) is 0 Å². The average Bonchev–Trinajstić information content (AvgIpc) is 2.60. The molecule has 4 heteroatoms. The summed E-state index contributed by atoms with van der Waals surface area (Å²) in [5, 5.41) is 9.21. The van der Waals surface area contributed by atoms with Crippen molar-refractivity contribution in [2.75, 3.05) is 20.1 Å². The fourth-order valence-electron chi connectivity index (χ4n) is 2.62. The molecule has 0 amide bonds. The molecule has 1 N–H and O–H groups in total. The van der Waals surface area contributed by atoms with Crippen LogP contribution in [0.1, 0.15) is 17.0 Å². The summed E-state index contributed by atoms with van der Waals surface area (Å²) in [7, 11) is 1.91. The first-order chi connectivity index (χ1) is 7.99. The van der Waals surface area contributed by atoms with E-state index >= 15 is 0 Å². The summed E-state index contributed by atoms with van der Waals surface area (Å²) in [6.45, 7) is 3.09. The van der Waals surface area contributed by atoms with Crippen molar-refractivity contribution in [2.24, 2.45) is 5.92 Å². The Morgan fingerprint density at radius 1 is 1.47 bits per heavy atom. The maximum atomic E-state index is 13.0. The topological polar surface area (TPSA) is 40.5 Å². The van der Waals surface area contributed by atoms with Crippen LogP contribution in [0.4, 0.5) is 4.39 Å². The van der Waals surface area contributed by atoms with Crippen LogP contribution in [0.3, 0.4) is 0 Å². The molecule has 1 aliphatic heterocycles. The summed E-state index contributed by atoms with van der Waals surface area (Å²) >= 11 is 0. The van der Waals surface area contributed by atoms with E-state index in [1.165, 1.54) is 12.1 Å². The molecule has 0 aromatic heterocycles. The molecule has 2 unspecified atom stereocenters. The number of carboxylic acid groups (broad SMARTS) is 1. The molecule has 92 valence electrons. The van der Waals surface area contributed by atoms with Crippen molar-refractivity contribution in [3.63, 3.8) is 0 Å². The average molecular weight is 237 g/mol. The van der Waals surface area contributed by atoms with E-state index in [-0.39, 0.29) is 11.7 Å². The number of halogens is 1. The van der Waals surface area contributed by atoms with Crippen LogP contribution in [0, 0.1) is 18.7 Å². The SMILES string of the molecule is Cc1cc(F)ccc1C1CN(C)CC1C(=O)O. The summed E-state index contributed by atoms with van der Waals surface area (Å²) in [6.07, 6.45) is 0. The van der Waals surface area contributed by atoms with E-state index < -0.39 is 11.9 Å². The lowest BCUT2D eigenvalue weighted by atomic mass is 9.86. The summed E-state index contributed by atoms with van der Waals surface area (Å²) in [5.74, 6) is -1.49. The number of likely N-dealkylation sites (tertiary alicyclic amines) is 1. The van der Waals surface area contributed by atoms with Crippen LogP contribution in [0.2, 0.25) is 0 Å². The molecule has 1 aromatic carbocycles. The van der Waals surface area contributed by atoms with Gasteiger partial charge < -0.3 is 10.0 Å². The minimum atomic E-state index is -0.775. The Kier molecular flexibility index (Phi) is 3.15. The highest BCUT2D eigenvalue weighted by Gasteiger charge is 2.37. The number of aryl methyl sites for hydroxylation is 1. The molecule has 0 spiro atoms. The van der Waals surface area contributed by atoms with Gasteiger partial charge in [0, 0.05) is 19.0 Å². The number of benzene rings is 1. The molecule has 0 bridgehead atoms. The molecule has 1 heterocycles. The van der Waals surface area contributed by atoms with Gasteiger partial charge in [0.15, 0.2) is 0 Å². The number of likely N-dealkylation sites (N-methyl/N-ethyl adjacent to an activating group) is 1. The summed E-state index contributed by atoms with van der Waals surface area (Å²) in [4.78, 5) is 13.2. The number of rotatable bonds is 2. The van der Waals surface area contributed by atoms with E-state index in [9.17, 15) is 14.3 Å². The molecule has 2 rings (SSSR count). The first-order valence-electron chi connectivity index (χ1n) is 5.66. The third-order valence-electron chi connectivity index (χ3n) is 3.45. The highest BCUT2D eigenvalue weighted by Crippen LogP contribution is 2.34. The second kappa shape index (κ2) is 4.45. The molecule has 0 aliphatic carbocycles. The van der Waals surface area contributed by atoms with Crippen molar-refractivity contribution in [1.29, 1.82) is 0 Å². The first kappa shape index (κ1) is 12.0. The Hall–Kier alpha value is -1.42. The molecule has 0 radical (unpaired) electrons. The maximum Gasteiger partial charge on any atom is 0.308 e. The molecular weight excluding hydrogens is 221 g/mol. The highest BCUT2D eigenvalue weighted by atomic mass is 19.1. The van der Waals surface area contributed by atoms with Crippen molar-refractivity contribution in [3.05, 3.63) is 35.1 Å². The minimum Gasteiger partial charge on any atom is -0.481 e. The Labute approximate surface area is 99.9 Å². The zero-order valence-electron chi connectivity index (χ0n) is 9.98. The van der Waals surface area contributed by atoms with E-state index in [1.54, 1.807) is 6.07 Å². The van der Waals surface area contributed by atoms with Crippen LogP contribution >= 0.6 is 0 Å². The number of hydrogen-bond acceptors (Lipinski definition) is 2. The van der Waals surface area contributed by atoms with Crippen LogP contribution in [0.15, 0.2) is 18.2 Å². The van der Waals surface area contributed by atoms with Crippen molar-refractivity contribution in [3.8, 4) is 0 Å². The second-order valence-corrected chi connectivity index (χ2v) is 4.77. The molecule has 1 aliphatic rings. The minimum absolute atomic E-state index is 0.0434. The predicted molar refractivity (Wildman–Crippen MR) is 62.5 cm³/mol. The number of carbonyl (C=O) groups is 1. The predicted octanol–water partition coefficient (Wildman–Crippen LogP) is 1.86. The summed E-state index contributed by atoms with van der Waals surface area (Å²) in [6, 6.07) is 4.58. The van der Waals surface area contributed by atoms with E-state index in [1.807, 2.05) is 18.9 Å². The lowest BCUT2D eigenvalue weighted by Gasteiger charge is -2.17. The number of aliphatic carboxylic acids is 1. The van der Waals surface area contributed by atoms with Crippen molar-refractivity contribution in [2.45, 2.75) is 12.8 Å². The number of hydrogen-bond donors (Lipinski definition) is 1. The fraction of sp³-hybridized carbons (Fsp3) is 0.462. The Morgan fingerprint density at radius 2 is 2.18 bits per heavy atom. The molecule has 2 atom stereocenters. The lowest BCUT2D eigenvalue weighted by molar-refractivity contribution is -0.141. The van der Waals surface area contributed by atoms with E-state index in [0.29, 0.717) is 13.1 Å². The zero-order valence-corrected chi connectivity index (χ0v) is 9.98. The van der Waals surface area contributed by atoms with Crippen LogP contribution in [0.5, 0.6) is 0 Å². The molecule has 1 fully saturated rings. The normalized spacial score (nSPS) is 25.1. The smallest absolute Gasteiger partial charge is 0.308 e. The Balaban J connectivity index is 2.34. The van der Waals surface area contributed by atoms with Gasteiger partial charge in [0.1, 0.15) is 5.82 Å². The number of carboxylic acids is 1. The molecule has 1 aromatic rings. The van der Waals surface area contributed by atoms with Crippen LogP contribution < -0.4 is 0 Å². The third kappa shape index (κ3) is 2.31. The Morgan fingerprint density at radius 3 is 2.76 bits per heavy atom. The summed E-state index contributed by atoms with van der Waals surface area (Å²) < 4.78 is 13.0. The van der Waals surface area contributed by atoms with Crippen molar-refractivity contribution in [1.82, 2.24) is 4.90 Å². The zero-order chi connectivity index (χ0) is 12.6. The van der Waals surface area contributed by atoms with Gasteiger partial charge in [-0.15, -0.1) is 0 Å². The highest BCUT2D eigenvalue weighted by molar-refractivity contribution is 5.72. The van der Waals surface area contributed by atoms with E-state index in [4.69, 9.17) is 0 Å². The van der Waals surface area contributed by atoms with Crippen molar-refractivity contribution >= 4 is 5.97 Å². The van der Waals surface area contributed by atoms with E-state index in [2.05, 4.69) is 0 Å². The molecule has 0 saturated carbocycles. The Bertz CT molecular complexity index is 447. The van der Waals surface area contributed by atoms with Gasteiger partial charge in [-0.3, -0.25) is 4.79 Å². The fourth-order valence-corrected chi connectivity index (χ4v) is 2.62.